The zero-order valence-corrected chi connectivity index (χ0v) is 19.0. The highest BCUT2D eigenvalue weighted by atomic mass is 19.1. The number of aromatic nitrogens is 4. The summed E-state index contributed by atoms with van der Waals surface area (Å²) in [6, 6.07) is 18.4. The molecule has 0 spiro atoms. The summed E-state index contributed by atoms with van der Waals surface area (Å²) in [4.78, 5) is 32.8. The minimum absolute atomic E-state index is 0.132. The van der Waals surface area contributed by atoms with Crippen LogP contribution in [0.15, 0.2) is 95.9 Å². The molecule has 2 amide bonds. The largest absolute Gasteiger partial charge is 0.467 e. The number of benzene rings is 2. The fourth-order valence-electron chi connectivity index (χ4n) is 3.92. The number of nitrogens with zero attached hydrogens (tertiary/aromatic N) is 5. The number of carbonyl (C=O) groups is 2. The van der Waals surface area contributed by atoms with Gasteiger partial charge in [0, 0.05) is 18.1 Å². The molecule has 5 aromatic rings. The van der Waals surface area contributed by atoms with Crippen molar-refractivity contribution in [3.63, 3.8) is 0 Å². The van der Waals surface area contributed by atoms with Gasteiger partial charge in [-0.2, -0.15) is 0 Å². The first-order chi connectivity index (χ1) is 17.6. The molecular weight excluding hydrogens is 463 g/mol. The van der Waals surface area contributed by atoms with Crippen LogP contribution >= 0.6 is 0 Å². The number of nitrogens with one attached hydrogen (secondary N) is 1. The zero-order valence-electron chi connectivity index (χ0n) is 19.0. The number of hydrogen-bond donors (Lipinski definition) is 1. The SMILES string of the molecule is O=C(NCc1ccco1)C(c1ccncc1)N(C(=O)Cn1nnc2ccccc21)c1ccc(F)cc1. The molecule has 0 radical (unpaired) electrons. The Bertz CT molecular complexity index is 1470. The molecule has 0 aliphatic rings. The van der Waals surface area contributed by atoms with Crippen LogP contribution in [0.4, 0.5) is 10.1 Å². The van der Waals surface area contributed by atoms with Crippen LogP contribution in [-0.4, -0.2) is 31.8 Å². The first-order valence-electron chi connectivity index (χ1n) is 11.2. The van der Waals surface area contributed by atoms with Crippen LogP contribution in [0, 0.1) is 5.82 Å². The lowest BCUT2D eigenvalue weighted by molar-refractivity contribution is -0.127. The van der Waals surface area contributed by atoms with Crippen molar-refractivity contribution in [1.29, 1.82) is 0 Å². The number of fused-ring (bicyclic) bond motifs is 1. The standard InChI is InChI=1S/C26H21FN6O3/c27-19-7-9-20(10-8-19)33(24(34)17-32-23-6-2-1-5-22(23)30-31-32)25(18-11-13-28-14-12-18)26(35)29-16-21-4-3-15-36-21/h1-15,25H,16-17H2,(H,29,35). The summed E-state index contributed by atoms with van der Waals surface area (Å²) in [6.07, 6.45) is 4.60. The Balaban J connectivity index is 1.54. The van der Waals surface area contributed by atoms with E-state index in [0.717, 1.165) is 0 Å². The van der Waals surface area contributed by atoms with Gasteiger partial charge in [0.25, 0.3) is 0 Å². The van der Waals surface area contributed by atoms with Crippen molar-refractivity contribution in [2.45, 2.75) is 19.1 Å². The van der Waals surface area contributed by atoms with Gasteiger partial charge in [-0.3, -0.25) is 19.5 Å². The molecule has 10 heteroatoms. The van der Waals surface area contributed by atoms with E-state index in [2.05, 4.69) is 20.6 Å². The minimum atomic E-state index is -1.07. The van der Waals surface area contributed by atoms with Gasteiger partial charge in [0.2, 0.25) is 11.8 Å². The molecule has 36 heavy (non-hydrogen) atoms. The van der Waals surface area contributed by atoms with Gasteiger partial charge in [-0.25, -0.2) is 9.07 Å². The molecule has 0 fully saturated rings. The predicted molar refractivity (Wildman–Crippen MR) is 129 cm³/mol. The summed E-state index contributed by atoms with van der Waals surface area (Å²) in [5.41, 5.74) is 2.19. The third-order valence-corrected chi connectivity index (χ3v) is 5.62. The van der Waals surface area contributed by atoms with Gasteiger partial charge in [-0.05, 0) is 66.2 Å². The molecular formula is C26H21FN6O3. The van der Waals surface area contributed by atoms with Crippen LogP contribution in [0.3, 0.4) is 0 Å². The molecule has 3 heterocycles. The lowest BCUT2D eigenvalue weighted by Crippen LogP contribution is -2.45. The summed E-state index contributed by atoms with van der Waals surface area (Å²) in [7, 11) is 0. The van der Waals surface area contributed by atoms with E-state index >= 15 is 0 Å². The molecule has 9 nitrogen and oxygen atoms in total. The number of carbonyl (C=O) groups excluding carboxylic acids is 2. The number of hydrogen-bond acceptors (Lipinski definition) is 6. The average molecular weight is 484 g/mol. The van der Waals surface area contributed by atoms with Crippen molar-refractivity contribution < 1.29 is 18.4 Å². The quantitative estimate of drug-likeness (QED) is 0.360. The molecule has 2 aromatic carbocycles. The van der Waals surface area contributed by atoms with E-state index in [1.807, 2.05) is 12.1 Å². The van der Waals surface area contributed by atoms with Crippen LogP contribution in [0.25, 0.3) is 11.0 Å². The molecule has 1 unspecified atom stereocenters. The molecule has 0 saturated carbocycles. The summed E-state index contributed by atoms with van der Waals surface area (Å²) >= 11 is 0. The fourth-order valence-corrected chi connectivity index (χ4v) is 3.92. The summed E-state index contributed by atoms with van der Waals surface area (Å²) in [5, 5.41) is 11.0. The zero-order chi connectivity index (χ0) is 24.9. The van der Waals surface area contributed by atoms with Crippen LogP contribution in [0.2, 0.25) is 0 Å². The van der Waals surface area contributed by atoms with E-state index < -0.39 is 23.7 Å². The van der Waals surface area contributed by atoms with Gasteiger partial charge in [-0.1, -0.05) is 17.3 Å². The fraction of sp³-hybridized carbons (Fsp3) is 0.115. The highest BCUT2D eigenvalue weighted by Gasteiger charge is 2.33. The Morgan fingerprint density at radius 2 is 1.78 bits per heavy atom. The van der Waals surface area contributed by atoms with Gasteiger partial charge in [0.15, 0.2) is 0 Å². The molecule has 0 saturated heterocycles. The summed E-state index contributed by atoms with van der Waals surface area (Å²) in [5.74, 6) is -0.785. The number of amides is 2. The third-order valence-electron chi connectivity index (χ3n) is 5.62. The first-order valence-corrected chi connectivity index (χ1v) is 11.2. The maximum absolute atomic E-state index is 13.8. The maximum atomic E-state index is 13.8. The van der Waals surface area contributed by atoms with E-state index in [9.17, 15) is 14.0 Å². The molecule has 1 N–H and O–H groups in total. The van der Waals surface area contributed by atoms with Gasteiger partial charge < -0.3 is 9.73 Å². The van der Waals surface area contributed by atoms with Crippen molar-refractivity contribution in [2.75, 3.05) is 4.90 Å². The molecule has 0 bridgehead atoms. The highest BCUT2D eigenvalue weighted by molar-refractivity contribution is 6.01. The lowest BCUT2D eigenvalue weighted by atomic mass is 10.0. The van der Waals surface area contributed by atoms with E-state index in [1.165, 1.54) is 40.1 Å². The number of rotatable bonds is 8. The van der Waals surface area contributed by atoms with E-state index in [1.54, 1.807) is 48.8 Å². The summed E-state index contributed by atoms with van der Waals surface area (Å²) in [6.45, 7) is -0.0580. The third kappa shape index (κ3) is 4.83. The van der Waals surface area contributed by atoms with Crippen molar-refractivity contribution >= 4 is 28.5 Å². The Kier molecular flexibility index (Phi) is 6.48. The van der Waals surface area contributed by atoms with Gasteiger partial charge in [0.1, 0.15) is 29.7 Å². The monoisotopic (exact) mass is 484 g/mol. The smallest absolute Gasteiger partial charge is 0.249 e. The number of pyridine rings is 1. The second-order valence-electron chi connectivity index (χ2n) is 7.96. The van der Waals surface area contributed by atoms with E-state index in [4.69, 9.17) is 4.42 Å². The van der Waals surface area contributed by atoms with Crippen LogP contribution in [0.5, 0.6) is 0 Å². The molecule has 5 rings (SSSR count). The minimum Gasteiger partial charge on any atom is -0.467 e. The molecule has 180 valence electrons. The average Bonchev–Trinajstić information content (AvgIpc) is 3.57. The number of furan rings is 1. The maximum Gasteiger partial charge on any atom is 0.249 e. The van der Waals surface area contributed by atoms with Gasteiger partial charge in [-0.15, -0.1) is 5.10 Å². The number of halogens is 1. The molecule has 0 aliphatic carbocycles. The Labute approximate surface area is 205 Å². The Morgan fingerprint density at radius 3 is 2.53 bits per heavy atom. The van der Waals surface area contributed by atoms with Crippen molar-refractivity contribution in [2.24, 2.45) is 0 Å². The topological polar surface area (TPSA) is 106 Å². The normalized spacial score (nSPS) is 11.8. The van der Waals surface area contributed by atoms with E-state index in [0.29, 0.717) is 28.0 Å². The van der Waals surface area contributed by atoms with Crippen LogP contribution in [0.1, 0.15) is 17.4 Å². The Hall–Kier alpha value is -4.86. The van der Waals surface area contributed by atoms with Crippen molar-refractivity contribution in [3.05, 3.63) is 109 Å². The van der Waals surface area contributed by atoms with Gasteiger partial charge >= 0.3 is 0 Å². The van der Waals surface area contributed by atoms with Crippen LogP contribution in [-0.2, 0) is 22.7 Å². The lowest BCUT2D eigenvalue weighted by Gasteiger charge is -2.31. The molecule has 3 aromatic heterocycles. The number of anilines is 1. The summed E-state index contributed by atoms with van der Waals surface area (Å²) < 4.78 is 20.6. The number of para-hydroxylation sites is 1. The predicted octanol–water partition coefficient (Wildman–Crippen LogP) is 3.65. The second-order valence-corrected chi connectivity index (χ2v) is 7.96. The molecule has 1 atom stereocenters. The highest BCUT2D eigenvalue weighted by Crippen LogP contribution is 2.29. The van der Waals surface area contributed by atoms with Crippen molar-refractivity contribution in [3.8, 4) is 0 Å². The van der Waals surface area contributed by atoms with Crippen LogP contribution < -0.4 is 10.2 Å². The molecule has 0 aliphatic heterocycles. The Morgan fingerprint density at radius 1 is 1.00 bits per heavy atom. The second kappa shape index (κ2) is 10.2. The van der Waals surface area contributed by atoms with E-state index in [-0.39, 0.29) is 13.1 Å². The van der Waals surface area contributed by atoms with Gasteiger partial charge in [0.05, 0.1) is 18.3 Å². The first kappa shape index (κ1) is 22.9. The van der Waals surface area contributed by atoms with Crippen molar-refractivity contribution in [1.82, 2.24) is 25.3 Å².